The first kappa shape index (κ1) is 12.8. The van der Waals surface area contributed by atoms with Gasteiger partial charge in [-0.15, -0.1) is 0 Å². The van der Waals surface area contributed by atoms with Gasteiger partial charge in [-0.05, 0) is 18.9 Å². The van der Waals surface area contributed by atoms with Crippen LogP contribution in [0.25, 0.3) is 0 Å². The quantitative estimate of drug-likeness (QED) is 0.749. The van der Waals surface area contributed by atoms with Crippen molar-refractivity contribution in [2.45, 2.75) is 31.8 Å². The van der Waals surface area contributed by atoms with E-state index in [9.17, 15) is 15.0 Å². The first-order valence-electron chi connectivity index (χ1n) is 6.27. The van der Waals surface area contributed by atoms with Gasteiger partial charge in [0, 0.05) is 18.7 Å². The summed E-state index contributed by atoms with van der Waals surface area (Å²) in [5.41, 5.74) is 0.334. The van der Waals surface area contributed by atoms with Crippen LogP contribution in [0.3, 0.4) is 0 Å². The first-order chi connectivity index (χ1) is 8.66. The largest absolute Gasteiger partial charge is 0.506 e. The predicted molar refractivity (Wildman–Crippen MR) is 66.2 cm³/mol. The molecule has 1 amide bonds. The molecule has 0 aromatic carbocycles. The van der Waals surface area contributed by atoms with E-state index in [4.69, 9.17) is 0 Å². The van der Waals surface area contributed by atoms with E-state index in [0.29, 0.717) is 12.1 Å². The van der Waals surface area contributed by atoms with Gasteiger partial charge in [0.25, 0.3) is 5.91 Å². The molecule has 1 aromatic heterocycles. The molecule has 18 heavy (non-hydrogen) atoms. The van der Waals surface area contributed by atoms with Crippen molar-refractivity contribution in [2.75, 3.05) is 6.54 Å². The van der Waals surface area contributed by atoms with E-state index in [-0.39, 0.29) is 23.7 Å². The van der Waals surface area contributed by atoms with Crippen LogP contribution in [0.15, 0.2) is 18.5 Å². The zero-order valence-corrected chi connectivity index (χ0v) is 10.2. The zero-order chi connectivity index (χ0) is 13.0. The Labute approximate surface area is 106 Å². The Morgan fingerprint density at radius 3 is 2.89 bits per heavy atom. The van der Waals surface area contributed by atoms with E-state index in [2.05, 4.69) is 10.3 Å². The molecular weight excluding hydrogens is 232 g/mol. The third-order valence-corrected chi connectivity index (χ3v) is 3.38. The molecule has 0 spiro atoms. The minimum atomic E-state index is -0.318. The third kappa shape index (κ3) is 3.20. The summed E-state index contributed by atoms with van der Waals surface area (Å²) < 4.78 is 0. The summed E-state index contributed by atoms with van der Waals surface area (Å²) in [6, 6.07) is 1.37. The Kier molecular flexibility index (Phi) is 4.15. The maximum Gasteiger partial charge on any atom is 0.252 e. The summed E-state index contributed by atoms with van der Waals surface area (Å²) in [5, 5.41) is 21.8. The summed E-state index contributed by atoms with van der Waals surface area (Å²) in [6.07, 6.45) is 6.29. The Hall–Kier alpha value is -1.62. The van der Waals surface area contributed by atoms with Crippen molar-refractivity contribution in [3.8, 4) is 5.75 Å². The normalized spacial score (nSPS) is 23.6. The van der Waals surface area contributed by atoms with Crippen LogP contribution in [0.5, 0.6) is 5.75 Å². The lowest BCUT2D eigenvalue weighted by molar-refractivity contribution is 0.0662. The van der Waals surface area contributed by atoms with Crippen molar-refractivity contribution in [2.24, 2.45) is 5.92 Å². The number of hydrogen-bond donors (Lipinski definition) is 3. The number of aromatic nitrogens is 1. The number of nitrogens with zero attached hydrogens (tertiary/aromatic N) is 1. The number of aromatic hydroxyl groups is 1. The summed E-state index contributed by atoms with van der Waals surface area (Å²) in [4.78, 5) is 15.6. The molecule has 1 aromatic rings. The van der Waals surface area contributed by atoms with Gasteiger partial charge in [-0.2, -0.15) is 0 Å². The standard InChI is InChI=1S/C13H18N2O3/c16-11-5-10(6-14-8-11)13(18)15-7-9-3-1-2-4-12(9)17/h5-6,8-9,12,16-17H,1-4,7H2,(H,15,18). The van der Waals surface area contributed by atoms with Gasteiger partial charge < -0.3 is 15.5 Å². The molecular formula is C13H18N2O3. The average molecular weight is 250 g/mol. The smallest absolute Gasteiger partial charge is 0.252 e. The highest BCUT2D eigenvalue weighted by molar-refractivity contribution is 5.94. The molecule has 1 heterocycles. The maximum atomic E-state index is 11.8. The van der Waals surface area contributed by atoms with Gasteiger partial charge in [-0.3, -0.25) is 9.78 Å². The molecule has 2 unspecified atom stereocenters. The van der Waals surface area contributed by atoms with Crippen molar-refractivity contribution in [1.82, 2.24) is 10.3 Å². The van der Waals surface area contributed by atoms with Gasteiger partial charge in [0.15, 0.2) is 0 Å². The molecule has 5 heteroatoms. The van der Waals surface area contributed by atoms with Gasteiger partial charge in [-0.25, -0.2) is 0 Å². The molecule has 1 fully saturated rings. The lowest BCUT2D eigenvalue weighted by atomic mass is 9.86. The van der Waals surface area contributed by atoms with E-state index in [1.807, 2.05) is 0 Å². The summed E-state index contributed by atoms with van der Waals surface area (Å²) in [7, 11) is 0. The second kappa shape index (κ2) is 5.82. The molecule has 3 N–H and O–H groups in total. The Balaban J connectivity index is 1.88. The number of carbonyl (C=O) groups excluding carboxylic acids is 1. The van der Waals surface area contributed by atoms with Gasteiger partial charge in [-0.1, -0.05) is 12.8 Å². The van der Waals surface area contributed by atoms with Crippen LogP contribution in [0.1, 0.15) is 36.0 Å². The number of hydrogen-bond acceptors (Lipinski definition) is 4. The van der Waals surface area contributed by atoms with E-state index in [0.717, 1.165) is 25.7 Å². The summed E-state index contributed by atoms with van der Waals surface area (Å²) >= 11 is 0. The van der Waals surface area contributed by atoms with Crippen molar-refractivity contribution in [1.29, 1.82) is 0 Å². The van der Waals surface area contributed by atoms with Gasteiger partial charge in [0.2, 0.25) is 0 Å². The Morgan fingerprint density at radius 1 is 1.39 bits per heavy atom. The molecule has 0 bridgehead atoms. The van der Waals surface area contributed by atoms with E-state index >= 15 is 0 Å². The monoisotopic (exact) mass is 250 g/mol. The molecule has 0 aliphatic heterocycles. The number of nitrogens with one attached hydrogen (secondary N) is 1. The second-order valence-electron chi connectivity index (χ2n) is 4.75. The fraction of sp³-hybridized carbons (Fsp3) is 0.538. The number of aliphatic hydroxyl groups excluding tert-OH is 1. The van der Waals surface area contributed by atoms with Crippen LogP contribution in [0.4, 0.5) is 0 Å². The highest BCUT2D eigenvalue weighted by atomic mass is 16.3. The van der Waals surface area contributed by atoms with Crippen LogP contribution in [-0.4, -0.2) is 33.8 Å². The van der Waals surface area contributed by atoms with Crippen LogP contribution >= 0.6 is 0 Å². The zero-order valence-electron chi connectivity index (χ0n) is 10.2. The van der Waals surface area contributed by atoms with E-state index < -0.39 is 0 Å². The molecule has 1 saturated carbocycles. The van der Waals surface area contributed by atoms with Crippen LogP contribution in [0, 0.1) is 5.92 Å². The van der Waals surface area contributed by atoms with Crippen molar-refractivity contribution in [3.63, 3.8) is 0 Å². The molecule has 5 nitrogen and oxygen atoms in total. The molecule has 1 aliphatic carbocycles. The topological polar surface area (TPSA) is 82.5 Å². The van der Waals surface area contributed by atoms with Crippen molar-refractivity contribution < 1.29 is 15.0 Å². The first-order valence-corrected chi connectivity index (χ1v) is 6.27. The highest BCUT2D eigenvalue weighted by Crippen LogP contribution is 2.23. The second-order valence-corrected chi connectivity index (χ2v) is 4.75. The minimum absolute atomic E-state index is 0.0275. The number of pyridine rings is 1. The SMILES string of the molecule is O=C(NCC1CCCCC1O)c1cncc(O)c1. The average Bonchev–Trinajstić information content (AvgIpc) is 2.37. The summed E-state index contributed by atoms with van der Waals surface area (Å²) in [5.74, 6) is -0.163. The molecule has 2 atom stereocenters. The van der Waals surface area contributed by atoms with Gasteiger partial charge in [0.05, 0.1) is 17.9 Å². The lowest BCUT2D eigenvalue weighted by Gasteiger charge is -2.27. The molecule has 0 radical (unpaired) electrons. The molecule has 1 aliphatic rings. The number of rotatable bonds is 3. The van der Waals surface area contributed by atoms with Crippen molar-refractivity contribution >= 4 is 5.91 Å². The fourth-order valence-electron chi connectivity index (χ4n) is 2.30. The number of carbonyl (C=O) groups is 1. The Morgan fingerprint density at radius 2 is 2.17 bits per heavy atom. The molecule has 2 rings (SSSR count). The minimum Gasteiger partial charge on any atom is -0.506 e. The van der Waals surface area contributed by atoms with Gasteiger partial charge in [0.1, 0.15) is 5.75 Å². The molecule has 98 valence electrons. The number of aliphatic hydroxyl groups is 1. The van der Waals surface area contributed by atoms with Gasteiger partial charge >= 0.3 is 0 Å². The van der Waals surface area contributed by atoms with Crippen LogP contribution < -0.4 is 5.32 Å². The van der Waals surface area contributed by atoms with Crippen LogP contribution in [-0.2, 0) is 0 Å². The van der Waals surface area contributed by atoms with E-state index in [1.54, 1.807) is 0 Å². The fourth-order valence-corrected chi connectivity index (χ4v) is 2.30. The van der Waals surface area contributed by atoms with Crippen molar-refractivity contribution in [3.05, 3.63) is 24.0 Å². The Bertz CT molecular complexity index is 422. The van der Waals surface area contributed by atoms with Crippen LogP contribution in [0.2, 0.25) is 0 Å². The number of amides is 1. The summed E-state index contributed by atoms with van der Waals surface area (Å²) in [6.45, 7) is 0.468. The van der Waals surface area contributed by atoms with E-state index in [1.165, 1.54) is 18.5 Å². The molecule has 0 saturated heterocycles. The highest BCUT2D eigenvalue weighted by Gasteiger charge is 2.23. The predicted octanol–water partition coefficient (Wildman–Crippen LogP) is 1.07. The lowest BCUT2D eigenvalue weighted by Crippen LogP contribution is -2.36. The third-order valence-electron chi connectivity index (χ3n) is 3.38. The maximum absolute atomic E-state index is 11.8.